The summed E-state index contributed by atoms with van der Waals surface area (Å²) in [6, 6.07) is 6.83. The van der Waals surface area contributed by atoms with E-state index in [1.54, 1.807) is 18.2 Å². The van der Waals surface area contributed by atoms with E-state index in [0.717, 1.165) is 5.56 Å². The van der Waals surface area contributed by atoms with Crippen LogP contribution in [0.1, 0.15) is 32.3 Å². The molecule has 2 aromatic rings. The third-order valence-corrected chi connectivity index (χ3v) is 5.10. The van der Waals surface area contributed by atoms with Crippen LogP contribution in [0.15, 0.2) is 30.6 Å². The van der Waals surface area contributed by atoms with Crippen molar-refractivity contribution in [2.45, 2.75) is 38.3 Å². The van der Waals surface area contributed by atoms with E-state index in [9.17, 15) is 4.79 Å². The first-order valence-electron chi connectivity index (χ1n) is 8.79. The summed E-state index contributed by atoms with van der Waals surface area (Å²) >= 11 is 18.5. The van der Waals surface area contributed by atoms with Crippen LogP contribution in [0.3, 0.4) is 0 Å². The summed E-state index contributed by atoms with van der Waals surface area (Å²) in [5.41, 5.74) is 0.311. The number of halogens is 3. The first kappa shape index (κ1) is 21.0. The third kappa shape index (κ3) is 5.19. The van der Waals surface area contributed by atoms with Gasteiger partial charge in [-0.15, -0.1) is 0 Å². The highest BCUT2D eigenvalue weighted by Crippen LogP contribution is 2.35. The van der Waals surface area contributed by atoms with E-state index >= 15 is 0 Å². The van der Waals surface area contributed by atoms with E-state index in [2.05, 4.69) is 15.3 Å². The topological polar surface area (TPSA) is 67.3 Å². The zero-order chi connectivity index (χ0) is 20.5. The average molecular weight is 444 g/mol. The van der Waals surface area contributed by atoms with Gasteiger partial charge in [0, 0.05) is 35.1 Å². The summed E-state index contributed by atoms with van der Waals surface area (Å²) in [6.07, 6.45) is 0.937. The number of rotatable bonds is 3. The summed E-state index contributed by atoms with van der Waals surface area (Å²) in [6.45, 7) is 6.59. The van der Waals surface area contributed by atoms with E-state index < -0.39 is 11.7 Å². The minimum Gasteiger partial charge on any atom is -0.444 e. The first-order valence-corrected chi connectivity index (χ1v) is 9.93. The molecular formula is C19H21Cl3N4O2. The second-order valence-corrected chi connectivity index (χ2v) is 8.86. The maximum absolute atomic E-state index is 12.4. The second-order valence-electron chi connectivity index (χ2n) is 7.63. The second kappa shape index (κ2) is 8.31. The lowest BCUT2D eigenvalue weighted by Crippen LogP contribution is -2.42. The number of benzene rings is 1. The summed E-state index contributed by atoms with van der Waals surface area (Å²) in [7, 11) is 0. The number of alkyl carbamates (subject to hydrolysis) is 1. The minimum absolute atomic E-state index is 0.0778. The van der Waals surface area contributed by atoms with Crippen molar-refractivity contribution in [3.63, 3.8) is 0 Å². The molecule has 1 fully saturated rings. The quantitative estimate of drug-likeness (QED) is 0.681. The first-order chi connectivity index (χ1) is 13.1. The van der Waals surface area contributed by atoms with E-state index in [-0.39, 0.29) is 12.0 Å². The number of carbonyl (C=O) groups is 1. The summed E-state index contributed by atoms with van der Waals surface area (Å²) in [5.74, 6) is 0.606. The Kier molecular flexibility index (Phi) is 6.22. The van der Waals surface area contributed by atoms with Gasteiger partial charge in [0.2, 0.25) is 0 Å². The molecular weight excluding hydrogens is 423 g/mol. The van der Waals surface area contributed by atoms with Gasteiger partial charge in [0.05, 0.1) is 6.04 Å². The third-order valence-electron chi connectivity index (χ3n) is 4.33. The van der Waals surface area contributed by atoms with Gasteiger partial charge in [-0.25, -0.2) is 14.8 Å². The molecule has 1 amide bonds. The molecule has 1 saturated heterocycles. The number of aromatic nitrogens is 2. The standard InChI is InChI=1S/C19H21Cl3N4O2/c1-19(2,3)28-18(27)25-15-9-26(17-7-16(22)23-10-24-17)8-13(15)12-5-4-11(20)6-14(12)21/h4-7,10,13,15H,8-9H2,1-3H3,(H,25,27). The SMILES string of the molecule is CC(C)(C)OC(=O)NC1CN(c2cc(Cl)ncn2)CC1c1ccc(Cl)cc1Cl. The predicted octanol–water partition coefficient (Wildman–Crippen LogP) is 4.93. The highest BCUT2D eigenvalue weighted by atomic mass is 35.5. The molecule has 6 nitrogen and oxygen atoms in total. The number of nitrogens with one attached hydrogen (secondary N) is 1. The van der Waals surface area contributed by atoms with Crippen molar-refractivity contribution < 1.29 is 9.53 Å². The fraction of sp³-hybridized carbons (Fsp3) is 0.421. The fourth-order valence-electron chi connectivity index (χ4n) is 3.21. The number of carbonyl (C=O) groups excluding carboxylic acids is 1. The Morgan fingerprint density at radius 3 is 2.57 bits per heavy atom. The molecule has 2 atom stereocenters. The maximum Gasteiger partial charge on any atom is 0.407 e. The van der Waals surface area contributed by atoms with Crippen molar-refractivity contribution in [1.29, 1.82) is 0 Å². The fourth-order valence-corrected chi connectivity index (χ4v) is 3.90. The number of hydrogen-bond donors (Lipinski definition) is 1. The monoisotopic (exact) mass is 442 g/mol. The lowest BCUT2D eigenvalue weighted by atomic mass is 9.94. The maximum atomic E-state index is 12.4. The highest BCUT2D eigenvalue weighted by molar-refractivity contribution is 6.35. The zero-order valence-corrected chi connectivity index (χ0v) is 18.0. The van der Waals surface area contributed by atoms with Gasteiger partial charge in [-0.3, -0.25) is 0 Å². The van der Waals surface area contributed by atoms with Crippen LogP contribution in [0, 0.1) is 0 Å². The molecule has 0 bridgehead atoms. The lowest BCUT2D eigenvalue weighted by Gasteiger charge is -2.24. The van der Waals surface area contributed by atoms with Gasteiger partial charge >= 0.3 is 6.09 Å². The molecule has 0 radical (unpaired) electrons. The van der Waals surface area contributed by atoms with Crippen LogP contribution in [0.25, 0.3) is 0 Å². The van der Waals surface area contributed by atoms with Crippen LogP contribution in [0.4, 0.5) is 10.6 Å². The molecule has 1 aromatic carbocycles. The average Bonchev–Trinajstić information content (AvgIpc) is 2.96. The number of hydrogen-bond acceptors (Lipinski definition) is 5. The van der Waals surface area contributed by atoms with E-state index in [1.807, 2.05) is 31.7 Å². The Morgan fingerprint density at radius 2 is 1.93 bits per heavy atom. The van der Waals surface area contributed by atoms with Crippen molar-refractivity contribution in [2.24, 2.45) is 0 Å². The Hall–Kier alpha value is -1.76. The molecule has 0 saturated carbocycles. The van der Waals surface area contributed by atoms with Crippen molar-refractivity contribution in [2.75, 3.05) is 18.0 Å². The smallest absolute Gasteiger partial charge is 0.407 e. The van der Waals surface area contributed by atoms with Crippen molar-refractivity contribution in [3.8, 4) is 0 Å². The van der Waals surface area contributed by atoms with Gasteiger partial charge < -0.3 is 15.0 Å². The number of ether oxygens (including phenoxy) is 1. The Balaban J connectivity index is 1.87. The Labute approximate surface area is 179 Å². The molecule has 150 valence electrons. The van der Waals surface area contributed by atoms with Crippen molar-refractivity contribution in [1.82, 2.24) is 15.3 Å². The largest absolute Gasteiger partial charge is 0.444 e. The summed E-state index contributed by atoms with van der Waals surface area (Å²) in [5, 5.41) is 4.44. The molecule has 28 heavy (non-hydrogen) atoms. The van der Waals surface area contributed by atoms with Gasteiger partial charge in [-0.1, -0.05) is 40.9 Å². The van der Waals surface area contributed by atoms with Crippen LogP contribution < -0.4 is 10.2 Å². The number of nitrogens with zero attached hydrogens (tertiary/aromatic N) is 3. The van der Waals surface area contributed by atoms with E-state index in [0.29, 0.717) is 34.1 Å². The predicted molar refractivity (Wildman–Crippen MR) is 112 cm³/mol. The lowest BCUT2D eigenvalue weighted by molar-refractivity contribution is 0.0505. The van der Waals surface area contributed by atoms with Gasteiger partial charge in [0.1, 0.15) is 22.9 Å². The molecule has 0 aliphatic carbocycles. The highest BCUT2D eigenvalue weighted by Gasteiger charge is 2.37. The van der Waals surface area contributed by atoms with Gasteiger partial charge in [-0.05, 0) is 38.5 Å². The van der Waals surface area contributed by atoms with Crippen LogP contribution in [0.5, 0.6) is 0 Å². The number of amides is 1. The minimum atomic E-state index is -0.587. The Bertz CT molecular complexity index is 872. The molecule has 1 aliphatic heterocycles. The van der Waals surface area contributed by atoms with Crippen LogP contribution >= 0.6 is 34.8 Å². The van der Waals surface area contributed by atoms with Crippen LogP contribution in [0.2, 0.25) is 15.2 Å². The van der Waals surface area contributed by atoms with Crippen molar-refractivity contribution >= 4 is 46.7 Å². The van der Waals surface area contributed by atoms with Gasteiger partial charge in [0.15, 0.2) is 0 Å². The molecule has 3 rings (SSSR count). The molecule has 0 spiro atoms. The summed E-state index contributed by atoms with van der Waals surface area (Å²) in [4.78, 5) is 22.6. The normalized spacial score (nSPS) is 19.6. The van der Waals surface area contributed by atoms with Crippen LogP contribution in [-0.4, -0.2) is 40.8 Å². The molecule has 9 heteroatoms. The zero-order valence-electron chi connectivity index (χ0n) is 15.7. The van der Waals surface area contributed by atoms with Gasteiger partial charge in [0.25, 0.3) is 0 Å². The number of anilines is 1. The molecule has 1 aromatic heterocycles. The summed E-state index contributed by atoms with van der Waals surface area (Å²) < 4.78 is 5.42. The molecule has 2 heterocycles. The van der Waals surface area contributed by atoms with Gasteiger partial charge in [-0.2, -0.15) is 0 Å². The van der Waals surface area contributed by atoms with Crippen molar-refractivity contribution in [3.05, 3.63) is 51.4 Å². The van der Waals surface area contributed by atoms with E-state index in [1.165, 1.54) is 6.33 Å². The molecule has 1 N–H and O–H groups in total. The molecule has 1 aliphatic rings. The molecule has 2 unspecified atom stereocenters. The van der Waals surface area contributed by atoms with Crippen LogP contribution in [-0.2, 0) is 4.74 Å². The Morgan fingerprint density at radius 1 is 1.18 bits per heavy atom. The van der Waals surface area contributed by atoms with E-state index in [4.69, 9.17) is 39.5 Å².